The first kappa shape index (κ1) is 18.8. The van der Waals surface area contributed by atoms with Gasteiger partial charge in [0, 0.05) is 32.8 Å². The summed E-state index contributed by atoms with van der Waals surface area (Å²) in [5.41, 5.74) is 1.14. The molecule has 0 aliphatic rings. The number of hydrogen-bond acceptors (Lipinski definition) is 5. The summed E-state index contributed by atoms with van der Waals surface area (Å²) < 4.78 is 0. The van der Waals surface area contributed by atoms with E-state index in [2.05, 4.69) is 15.6 Å². The molecule has 26 heavy (non-hydrogen) atoms. The number of carbonyl (C=O) groups is 2. The van der Waals surface area contributed by atoms with E-state index in [9.17, 15) is 9.59 Å². The molecule has 5 nitrogen and oxygen atoms in total. The molecule has 0 bridgehead atoms. The summed E-state index contributed by atoms with van der Waals surface area (Å²) in [6, 6.07) is 8.55. The first-order chi connectivity index (χ1) is 12.4. The molecule has 0 atom stereocenters. The van der Waals surface area contributed by atoms with Crippen LogP contribution in [0.15, 0.2) is 35.7 Å². The normalized spacial score (nSPS) is 10.6. The summed E-state index contributed by atoms with van der Waals surface area (Å²) in [6.07, 6.45) is 0. The Kier molecular flexibility index (Phi) is 5.93. The molecular formula is C17H13Cl2N3O2S2. The van der Waals surface area contributed by atoms with Crippen molar-refractivity contribution in [2.45, 2.75) is 13.5 Å². The molecule has 2 heterocycles. The highest BCUT2D eigenvalue weighted by Crippen LogP contribution is 2.31. The number of nitrogens with zero attached hydrogens (tertiary/aromatic N) is 1. The maximum Gasteiger partial charge on any atom is 0.257 e. The molecule has 0 fully saturated rings. The van der Waals surface area contributed by atoms with Crippen molar-refractivity contribution in [3.63, 3.8) is 0 Å². The van der Waals surface area contributed by atoms with Crippen molar-refractivity contribution in [3.8, 4) is 10.6 Å². The van der Waals surface area contributed by atoms with Crippen LogP contribution in [0.2, 0.25) is 10.0 Å². The number of amides is 2. The van der Waals surface area contributed by atoms with Gasteiger partial charge in [-0.05, 0) is 30.3 Å². The number of thiazole rings is 1. The van der Waals surface area contributed by atoms with Crippen LogP contribution in [0, 0.1) is 0 Å². The van der Waals surface area contributed by atoms with Crippen molar-refractivity contribution in [2.75, 3.05) is 5.32 Å². The van der Waals surface area contributed by atoms with Crippen molar-refractivity contribution in [1.29, 1.82) is 0 Å². The van der Waals surface area contributed by atoms with E-state index in [4.69, 9.17) is 23.2 Å². The SMILES string of the molecule is CC(=O)NCc1ccc(-c2csc(NC(=O)c3cc(Cl)cc(Cl)c3)n2)s1. The topological polar surface area (TPSA) is 71.1 Å². The first-order valence-electron chi connectivity index (χ1n) is 7.47. The first-order valence-corrected chi connectivity index (χ1v) is 9.92. The van der Waals surface area contributed by atoms with Crippen LogP contribution in [-0.4, -0.2) is 16.8 Å². The number of nitrogens with one attached hydrogen (secondary N) is 2. The third-order valence-electron chi connectivity index (χ3n) is 3.28. The van der Waals surface area contributed by atoms with E-state index in [1.165, 1.54) is 18.3 Å². The Bertz CT molecular complexity index is 948. The van der Waals surface area contributed by atoms with Crippen LogP contribution in [-0.2, 0) is 11.3 Å². The van der Waals surface area contributed by atoms with Crippen molar-refractivity contribution in [1.82, 2.24) is 10.3 Å². The molecule has 0 aliphatic carbocycles. The molecule has 2 N–H and O–H groups in total. The van der Waals surface area contributed by atoms with Gasteiger partial charge in [-0.3, -0.25) is 14.9 Å². The van der Waals surface area contributed by atoms with Crippen molar-refractivity contribution in [3.05, 3.63) is 56.2 Å². The van der Waals surface area contributed by atoms with Crippen LogP contribution >= 0.6 is 45.9 Å². The Hall–Kier alpha value is -1.93. The van der Waals surface area contributed by atoms with E-state index in [0.717, 1.165) is 15.4 Å². The second-order valence-corrected chi connectivity index (χ2v) is 8.23. The largest absolute Gasteiger partial charge is 0.351 e. The van der Waals surface area contributed by atoms with Gasteiger partial charge in [-0.25, -0.2) is 4.98 Å². The van der Waals surface area contributed by atoms with Gasteiger partial charge in [0.15, 0.2) is 5.13 Å². The zero-order valence-electron chi connectivity index (χ0n) is 13.5. The van der Waals surface area contributed by atoms with Crippen LogP contribution in [0.4, 0.5) is 5.13 Å². The van der Waals surface area contributed by atoms with E-state index in [1.54, 1.807) is 29.5 Å². The molecule has 2 aromatic heterocycles. The average molecular weight is 426 g/mol. The van der Waals surface area contributed by atoms with Crippen molar-refractivity contribution < 1.29 is 9.59 Å². The highest BCUT2D eigenvalue weighted by molar-refractivity contribution is 7.17. The molecular weight excluding hydrogens is 413 g/mol. The quantitative estimate of drug-likeness (QED) is 0.599. The monoisotopic (exact) mass is 425 g/mol. The lowest BCUT2D eigenvalue weighted by molar-refractivity contribution is -0.119. The Morgan fingerprint density at radius 3 is 2.58 bits per heavy atom. The summed E-state index contributed by atoms with van der Waals surface area (Å²) in [5.74, 6) is -0.396. The minimum absolute atomic E-state index is 0.0697. The molecule has 0 aliphatic heterocycles. The highest BCUT2D eigenvalue weighted by Gasteiger charge is 2.12. The van der Waals surface area contributed by atoms with Gasteiger partial charge in [0.2, 0.25) is 5.91 Å². The fourth-order valence-corrected chi connectivity index (χ4v) is 4.34. The van der Waals surface area contributed by atoms with Crippen LogP contribution in [0.3, 0.4) is 0 Å². The number of rotatable bonds is 5. The van der Waals surface area contributed by atoms with Crippen molar-refractivity contribution in [2.24, 2.45) is 0 Å². The Labute approximate surface area is 168 Å². The van der Waals surface area contributed by atoms with Gasteiger partial charge in [0.1, 0.15) is 0 Å². The van der Waals surface area contributed by atoms with Crippen LogP contribution in [0.5, 0.6) is 0 Å². The smallest absolute Gasteiger partial charge is 0.257 e. The Morgan fingerprint density at radius 1 is 1.15 bits per heavy atom. The highest BCUT2D eigenvalue weighted by atomic mass is 35.5. The summed E-state index contributed by atoms with van der Waals surface area (Å²) in [5, 5.41) is 8.65. The second-order valence-electron chi connectivity index (χ2n) is 5.33. The molecule has 9 heteroatoms. The molecule has 0 spiro atoms. The van der Waals surface area contributed by atoms with E-state index >= 15 is 0 Å². The average Bonchev–Trinajstić information content (AvgIpc) is 3.21. The molecule has 0 saturated heterocycles. The van der Waals surface area contributed by atoms with Crippen LogP contribution in [0.25, 0.3) is 10.6 Å². The number of carbonyl (C=O) groups excluding carboxylic acids is 2. The lowest BCUT2D eigenvalue weighted by Gasteiger charge is -2.03. The van der Waals surface area contributed by atoms with Gasteiger partial charge in [-0.2, -0.15) is 0 Å². The van der Waals surface area contributed by atoms with Gasteiger partial charge < -0.3 is 5.32 Å². The molecule has 2 amide bonds. The maximum atomic E-state index is 12.3. The standard InChI is InChI=1S/C17H13Cl2N3O2S2/c1-9(23)20-7-13-2-3-15(26-13)14-8-25-17(21-14)22-16(24)10-4-11(18)6-12(19)5-10/h2-6,8H,7H2,1H3,(H,20,23)(H,21,22,24). The van der Waals surface area contributed by atoms with E-state index < -0.39 is 0 Å². The van der Waals surface area contributed by atoms with Crippen molar-refractivity contribution >= 4 is 62.8 Å². The fraction of sp³-hybridized carbons (Fsp3) is 0.118. The van der Waals surface area contributed by atoms with E-state index in [1.807, 2.05) is 17.5 Å². The van der Waals surface area contributed by atoms with Gasteiger partial charge in [-0.15, -0.1) is 22.7 Å². The number of thiophene rings is 1. The number of benzene rings is 1. The third-order valence-corrected chi connectivity index (χ3v) is 5.58. The Balaban J connectivity index is 1.70. The van der Waals surface area contributed by atoms with Crippen LogP contribution < -0.4 is 10.6 Å². The van der Waals surface area contributed by atoms with Crippen LogP contribution in [0.1, 0.15) is 22.2 Å². The minimum Gasteiger partial charge on any atom is -0.351 e. The zero-order valence-corrected chi connectivity index (χ0v) is 16.7. The molecule has 0 unspecified atom stereocenters. The molecule has 0 radical (unpaired) electrons. The maximum absolute atomic E-state index is 12.3. The predicted molar refractivity (Wildman–Crippen MR) is 107 cm³/mol. The van der Waals surface area contributed by atoms with Gasteiger partial charge in [0.05, 0.1) is 17.1 Å². The summed E-state index contributed by atoms with van der Waals surface area (Å²) in [7, 11) is 0. The predicted octanol–water partition coefficient (Wildman–Crippen LogP) is 5.07. The number of hydrogen-bond donors (Lipinski definition) is 2. The summed E-state index contributed by atoms with van der Waals surface area (Å²) >= 11 is 14.7. The lowest BCUT2D eigenvalue weighted by Crippen LogP contribution is -2.17. The van der Waals surface area contributed by atoms with E-state index in [-0.39, 0.29) is 11.8 Å². The minimum atomic E-state index is -0.326. The molecule has 0 saturated carbocycles. The second kappa shape index (κ2) is 8.18. The number of halogens is 2. The number of anilines is 1. The van der Waals surface area contributed by atoms with Gasteiger partial charge in [-0.1, -0.05) is 23.2 Å². The molecule has 3 rings (SSSR count). The third kappa shape index (κ3) is 4.82. The van der Waals surface area contributed by atoms with Gasteiger partial charge in [0.25, 0.3) is 5.91 Å². The summed E-state index contributed by atoms with van der Waals surface area (Å²) in [6.45, 7) is 1.97. The van der Waals surface area contributed by atoms with E-state index in [0.29, 0.717) is 27.3 Å². The zero-order chi connectivity index (χ0) is 18.7. The summed E-state index contributed by atoms with van der Waals surface area (Å²) in [4.78, 5) is 29.7. The molecule has 1 aromatic carbocycles. The lowest BCUT2D eigenvalue weighted by atomic mass is 10.2. The Morgan fingerprint density at radius 2 is 1.88 bits per heavy atom. The fourth-order valence-electron chi connectivity index (χ4n) is 2.12. The molecule has 134 valence electrons. The number of aromatic nitrogens is 1. The van der Waals surface area contributed by atoms with Gasteiger partial charge >= 0.3 is 0 Å². The molecule has 3 aromatic rings.